The first-order chi connectivity index (χ1) is 18.6. The summed E-state index contributed by atoms with van der Waals surface area (Å²) in [5.74, 6) is 0.117. The van der Waals surface area contributed by atoms with E-state index in [1.54, 1.807) is 0 Å². The molecule has 1 aromatic carbocycles. The van der Waals surface area contributed by atoms with Gasteiger partial charge in [0, 0.05) is 36.3 Å². The quantitative estimate of drug-likeness (QED) is 0.302. The van der Waals surface area contributed by atoms with Gasteiger partial charge in [-0.05, 0) is 50.5 Å². The van der Waals surface area contributed by atoms with Gasteiger partial charge in [-0.25, -0.2) is 4.79 Å². The minimum absolute atomic E-state index is 0.0560. The molecule has 1 aliphatic heterocycles. The molecular formula is C31H46N4O4. The van der Waals surface area contributed by atoms with Crippen LogP contribution in [0.2, 0.25) is 0 Å². The van der Waals surface area contributed by atoms with Gasteiger partial charge in [0.25, 0.3) is 0 Å². The van der Waals surface area contributed by atoms with E-state index in [4.69, 9.17) is 4.74 Å². The summed E-state index contributed by atoms with van der Waals surface area (Å²) in [7, 11) is 0. The summed E-state index contributed by atoms with van der Waals surface area (Å²) in [6, 6.07) is 9.43. The first-order valence-electron chi connectivity index (χ1n) is 14.3. The van der Waals surface area contributed by atoms with Gasteiger partial charge in [0.05, 0.1) is 18.7 Å². The predicted octanol–water partition coefficient (Wildman–Crippen LogP) is 4.53. The Kier molecular flexibility index (Phi) is 11.0. The molecule has 2 aliphatic rings. The standard InChI is InChI=1S/C31H46N4O4/c1-20(2)29(34-31(38)39-21(3)4)23(6)35-16-10-13-27(35)26(17-24-14-15-24)22(5)30(37)33-19-28(36)32-18-25-11-8-7-9-12-25/h7-9,11-12,20-21,24,26-27,29H,5-6,10,13-19H2,1-4H3,(H,32,36)(H,33,37)(H,34,38). The highest BCUT2D eigenvalue weighted by molar-refractivity contribution is 5.95. The maximum absolute atomic E-state index is 13.2. The Morgan fingerprint density at radius 1 is 1.03 bits per heavy atom. The van der Waals surface area contributed by atoms with E-state index in [1.807, 2.05) is 58.0 Å². The van der Waals surface area contributed by atoms with Crippen LogP contribution >= 0.6 is 0 Å². The van der Waals surface area contributed by atoms with Crippen molar-refractivity contribution in [3.8, 4) is 0 Å². The number of ether oxygens (including phenoxy) is 1. The van der Waals surface area contributed by atoms with Crippen molar-refractivity contribution in [1.82, 2.24) is 20.9 Å². The Labute approximate surface area is 233 Å². The van der Waals surface area contributed by atoms with E-state index in [9.17, 15) is 14.4 Å². The van der Waals surface area contributed by atoms with Crippen molar-refractivity contribution < 1.29 is 19.1 Å². The molecular weight excluding hydrogens is 492 g/mol. The first-order valence-corrected chi connectivity index (χ1v) is 14.3. The summed E-state index contributed by atoms with van der Waals surface area (Å²) in [5.41, 5.74) is 2.34. The van der Waals surface area contributed by atoms with Crippen LogP contribution in [0.3, 0.4) is 0 Å². The second kappa shape index (κ2) is 14.2. The normalized spacial score (nSPS) is 18.4. The molecule has 0 bridgehead atoms. The van der Waals surface area contributed by atoms with Crippen LogP contribution in [0.1, 0.15) is 65.4 Å². The third-order valence-corrected chi connectivity index (χ3v) is 7.54. The fourth-order valence-electron chi connectivity index (χ4n) is 5.30. The van der Waals surface area contributed by atoms with Crippen LogP contribution in [-0.2, 0) is 20.9 Å². The molecule has 8 nitrogen and oxygen atoms in total. The van der Waals surface area contributed by atoms with Gasteiger partial charge in [0.15, 0.2) is 0 Å². The number of likely N-dealkylation sites (tertiary alicyclic amines) is 1. The van der Waals surface area contributed by atoms with Crippen molar-refractivity contribution >= 4 is 17.9 Å². The number of carbonyl (C=O) groups is 3. The van der Waals surface area contributed by atoms with Crippen molar-refractivity contribution in [2.75, 3.05) is 13.1 Å². The molecule has 2 fully saturated rings. The molecule has 39 heavy (non-hydrogen) atoms. The largest absolute Gasteiger partial charge is 0.447 e. The fourth-order valence-corrected chi connectivity index (χ4v) is 5.30. The second-order valence-corrected chi connectivity index (χ2v) is 11.5. The number of rotatable bonds is 14. The van der Waals surface area contributed by atoms with Crippen LogP contribution in [0.5, 0.6) is 0 Å². The fraction of sp³-hybridized carbons (Fsp3) is 0.581. The molecule has 1 aromatic rings. The summed E-state index contributed by atoms with van der Waals surface area (Å²) < 4.78 is 5.33. The van der Waals surface area contributed by atoms with Gasteiger partial charge in [0.2, 0.25) is 11.8 Å². The summed E-state index contributed by atoms with van der Waals surface area (Å²) in [5, 5.41) is 8.62. The highest BCUT2D eigenvalue weighted by atomic mass is 16.6. The van der Waals surface area contributed by atoms with Crippen LogP contribution in [0.25, 0.3) is 0 Å². The number of alkyl carbamates (subject to hydrolysis) is 1. The maximum atomic E-state index is 13.2. The Morgan fingerprint density at radius 3 is 2.33 bits per heavy atom. The van der Waals surface area contributed by atoms with Gasteiger partial charge >= 0.3 is 6.09 Å². The first kappa shape index (κ1) is 30.3. The molecule has 1 saturated heterocycles. The molecule has 3 amide bonds. The zero-order chi connectivity index (χ0) is 28.5. The number of nitrogens with zero attached hydrogens (tertiary/aromatic N) is 1. The second-order valence-electron chi connectivity index (χ2n) is 11.5. The number of hydrogen-bond acceptors (Lipinski definition) is 5. The number of benzene rings is 1. The lowest BCUT2D eigenvalue weighted by Gasteiger charge is -2.39. The Morgan fingerprint density at radius 2 is 1.72 bits per heavy atom. The Bertz CT molecular complexity index is 1020. The van der Waals surface area contributed by atoms with Crippen LogP contribution in [0.4, 0.5) is 4.79 Å². The molecule has 8 heteroatoms. The van der Waals surface area contributed by atoms with Gasteiger partial charge in [-0.1, -0.05) is 70.2 Å². The van der Waals surface area contributed by atoms with E-state index in [0.29, 0.717) is 18.0 Å². The molecule has 3 rings (SSSR count). The number of carbonyl (C=O) groups excluding carboxylic acids is 3. The molecule has 0 spiro atoms. The zero-order valence-electron chi connectivity index (χ0n) is 24.0. The molecule has 1 saturated carbocycles. The van der Waals surface area contributed by atoms with Gasteiger partial charge in [-0.15, -0.1) is 0 Å². The minimum atomic E-state index is -0.454. The van der Waals surface area contributed by atoms with E-state index in [-0.39, 0.29) is 48.4 Å². The SMILES string of the molecule is C=C(C(=O)NCC(=O)NCc1ccccc1)C(CC1CC1)C1CCCN1C(=C)C(NC(=O)OC(C)C)C(C)C. The predicted molar refractivity (Wildman–Crippen MR) is 154 cm³/mol. The van der Waals surface area contributed by atoms with Crippen molar-refractivity contribution in [2.45, 2.75) is 84.5 Å². The molecule has 0 aromatic heterocycles. The summed E-state index contributed by atoms with van der Waals surface area (Å²) in [4.78, 5) is 40.2. The van der Waals surface area contributed by atoms with Crippen LogP contribution in [-0.4, -0.2) is 54.1 Å². The summed E-state index contributed by atoms with van der Waals surface area (Å²) in [6.45, 7) is 17.5. The smallest absolute Gasteiger partial charge is 0.407 e. The number of amides is 3. The van der Waals surface area contributed by atoms with Gasteiger partial charge in [0.1, 0.15) is 0 Å². The molecule has 3 N–H and O–H groups in total. The molecule has 3 unspecified atom stereocenters. The van der Waals surface area contributed by atoms with E-state index < -0.39 is 6.09 Å². The zero-order valence-corrected chi connectivity index (χ0v) is 24.0. The number of nitrogens with one attached hydrogen (secondary N) is 3. The Hall–Kier alpha value is -3.29. The van der Waals surface area contributed by atoms with E-state index >= 15 is 0 Å². The lowest BCUT2D eigenvalue weighted by atomic mass is 9.84. The molecule has 1 heterocycles. The molecule has 1 aliphatic carbocycles. The Balaban J connectivity index is 1.63. The highest BCUT2D eigenvalue weighted by Crippen LogP contribution is 2.42. The van der Waals surface area contributed by atoms with E-state index in [2.05, 4.69) is 34.0 Å². The lowest BCUT2D eigenvalue weighted by molar-refractivity contribution is -0.124. The van der Waals surface area contributed by atoms with E-state index in [1.165, 1.54) is 0 Å². The lowest BCUT2D eigenvalue weighted by Crippen LogP contribution is -2.48. The van der Waals surface area contributed by atoms with E-state index in [0.717, 1.165) is 49.9 Å². The average molecular weight is 539 g/mol. The summed E-state index contributed by atoms with van der Waals surface area (Å²) in [6.07, 6.45) is 4.44. The van der Waals surface area contributed by atoms with Crippen LogP contribution < -0.4 is 16.0 Å². The monoisotopic (exact) mass is 538 g/mol. The highest BCUT2D eigenvalue weighted by Gasteiger charge is 2.40. The summed E-state index contributed by atoms with van der Waals surface area (Å²) >= 11 is 0. The molecule has 0 radical (unpaired) electrons. The molecule has 214 valence electrons. The van der Waals surface area contributed by atoms with Gasteiger partial charge < -0.3 is 25.6 Å². The van der Waals surface area contributed by atoms with Crippen LogP contribution in [0.15, 0.2) is 54.8 Å². The van der Waals surface area contributed by atoms with Crippen molar-refractivity contribution in [1.29, 1.82) is 0 Å². The topological polar surface area (TPSA) is 99.8 Å². The van der Waals surface area contributed by atoms with Crippen molar-refractivity contribution in [3.63, 3.8) is 0 Å². The molecule has 3 atom stereocenters. The van der Waals surface area contributed by atoms with Gasteiger partial charge in [-0.3, -0.25) is 9.59 Å². The maximum Gasteiger partial charge on any atom is 0.407 e. The minimum Gasteiger partial charge on any atom is -0.447 e. The third kappa shape index (κ3) is 9.15. The number of hydrogen-bond donors (Lipinski definition) is 3. The average Bonchev–Trinajstić information content (AvgIpc) is 3.60. The third-order valence-electron chi connectivity index (χ3n) is 7.54. The van der Waals surface area contributed by atoms with Crippen LogP contribution in [0, 0.1) is 17.8 Å². The van der Waals surface area contributed by atoms with Crippen molar-refractivity contribution in [3.05, 3.63) is 60.3 Å². The van der Waals surface area contributed by atoms with Gasteiger partial charge in [-0.2, -0.15) is 0 Å². The van der Waals surface area contributed by atoms with Crippen molar-refractivity contribution in [2.24, 2.45) is 17.8 Å².